The van der Waals surface area contributed by atoms with E-state index in [1.165, 1.54) is 40.0 Å². The van der Waals surface area contributed by atoms with Crippen molar-refractivity contribution in [3.05, 3.63) is 75.8 Å². The van der Waals surface area contributed by atoms with E-state index in [1.807, 2.05) is 0 Å². The van der Waals surface area contributed by atoms with Crippen LogP contribution in [0.15, 0.2) is 36.7 Å². The van der Waals surface area contributed by atoms with Gasteiger partial charge in [0.05, 0.1) is 29.6 Å². The van der Waals surface area contributed by atoms with Crippen molar-refractivity contribution in [1.82, 2.24) is 14.8 Å². The molecular weight excluding hydrogens is 390 g/mol. The van der Waals surface area contributed by atoms with Crippen LogP contribution in [0.5, 0.6) is 0 Å². The van der Waals surface area contributed by atoms with Crippen LogP contribution in [0.25, 0.3) is 0 Å². The number of hydrogen-bond donors (Lipinski definition) is 1. The average Bonchev–Trinajstić information content (AvgIpc) is 3.10. The van der Waals surface area contributed by atoms with Crippen LogP contribution in [0.2, 0.25) is 5.02 Å². The quantitative estimate of drug-likeness (QED) is 0.725. The zero-order valence-electron chi connectivity index (χ0n) is 14.6. The third-order valence-electron chi connectivity index (χ3n) is 4.58. The highest BCUT2D eigenvalue weighted by atomic mass is 35.5. The van der Waals surface area contributed by atoms with E-state index in [1.54, 1.807) is 6.20 Å². The molecule has 0 spiro atoms. The van der Waals surface area contributed by atoms with E-state index in [9.17, 15) is 18.7 Å². The molecule has 3 heterocycles. The van der Waals surface area contributed by atoms with Crippen molar-refractivity contribution in [2.45, 2.75) is 19.6 Å². The molecule has 0 saturated carbocycles. The zero-order chi connectivity index (χ0) is 19.8. The molecule has 1 amide bonds. The van der Waals surface area contributed by atoms with Crippen molar-refractivity contribution in [2.24, 2.45) is 0 Å². The topological polar surface area (TPSA) is 71.2 Å². The van der Waals surface area contributed by atoms with E-state index in [0.717, 1.165) is 0 Å². The second kappa shape index (κ2) is 7.29. The number of carbonyl (C=O) groups is 1. The number of nitrogens with zero attached hydrogens (tertiary/aromatic N) is 4. The summed E-state index contributed by atoms with van der Waals surface area (Å²) in [5, 5.41) is 13.4. The molecule has 4 rings (SSSR count). The molecule has 0 aliphatic carbocycles. The molecule has 1 aliphatic heterocycles. The van der Waals surface area contributed by atoms with Gasteiger partial charge in [0.2, 0.25) is 0 Å². The normalized spacial score (nSPS) is 13.7. The Labute approximate surface area is 164 Å². The lowest BCUT2D eigenvalue weighted by molar-refractivity contribution is 0.0974. The van der Waals surface area contributed by atoms with Gasteiger partial charge in [0.25, 0.3) is 5.91 Å². The molecule has 1 N–H and O–H groups in total. The molecular formula is C19H15ClF2N4O2. The Morgan fingerprint density at radius 3 is 2.86 bits per heavy atom. The predicted octanol–water partition coefficient (Wildman–Crippen LogP) is 2.95. The van der Waals surface area contributed by atoms with Crippen molar-refractivity contribution in [3.8, 4) is 0 Å². The molecule has 144 valence electrons. The summed E-state index contributed by atoms with van der Waals surface area (Å²) >= 11 is 5.89. The van der Waals surface area contributed by atoms with Crippen molar-refractivity contribution >= 4 is 23.2 Å². The summed E-state index contributed by atoms with van der Waals surface area (Å²) in [5.41, 5.74) is 1.48. The monoisotopic (exact) mass is 404 g/mol. The molecule has 3 aromatic rings. The predicted molar refractivity (Wildman–Crippen MR) is 98.2 cm³/mol. The molecule has 1 aromatic carbocycles. The van der Waals surface area contributed by atoms with E-state index >= 15 is 0 Å². The molecule has 0 saturated heterocycles. The fraction of sp³-hybridized carbons (Fsp3) is 0.211. The minimum atomic E-state index is -0.731. The Hall–Kier alpha value is -2.84. The highest BCUT2D eigenvalue weighted by Crippen LogP contribution is 2.31. The summed E-state index contributed by atoms with van der Waals surface area (Å²) in [4.78, 5) is 18.1. The number of pyridine rings is 1. The first-order valence-corrected chi connectivity index (χ1v) is 8.92. The summed E-state index contributed by atoms with van der Waals surface area (Å²) in [6.07, 6.45) is 3.60. The lowest BCUT2D eigenvalue weighted by atomic mass is 10.1. The van der Waals surface area contributed by atoms with Crippen molar-refractivity contribution in [2.75, 3.05) is 11.4 Å². The maximum absolute atomic E-state index is 14.5. The number of rotatable bonds is 4. The summed E-state index contributed by atoms with van der Waals surface area (Å²) in [6.45, 7) is -0.0186. The number of fused-ring (bicyclic) bond motifs is 1. The molecule has 28 heavy (non-hydrogen) atoms. The van der Waals surface area contributed by atoms with E-state index in [-0.39, 0.29) is 41.8 Å². The second-order valence-corrected chi connectivity index (χ2v) is 6.82. The number of benzene rings is 1. The van der Waals surface area contributed by atoms with Crippen LogP contribution >= 0.6 is 11.6 Å². The van der Waals surface area contributed by atoms with Gasteiger partial charge < -0.3 is 10.0 Å². The number of hydrogen-bond acceptors (Lipinski definition) is 4. The molecule has 6 nitrogen and oxygen atoms in total. The lowest BCUT2D eigenvalue weighted by Crippen LogP contribution is -2.38. The van der Waals surface area contributed by atoms with Crippen LogP contribution in [-0.4, -0.2) is 32.3 Å². The van der Waals surface area contributed by atoms with E-state index in [4.69, 9.17) is 11.6 Å². The summed E-state index contributed by atoms with van der Waals surface area (Å²) in [6, 6.07) is 5.51. The van der Waals surface area contributed by atoms with Gasteiger partial charge in [-0.15, -0.1) is 0 Å². The van der Waals surface area contributed by atoms with Crippen LogP contribution in [0.1, 0.15) is 27.3 Å². The van der Waals surface area contributed by atoms with Gasteiger partial charge in [-0.3, -0.25) is 14.5 Å². The van der Waals surface area contributed by atoms with Gasteiger partial charge in [-0.05, 0) is 36.2 Å². The van der Waals surface area contributed by atoms with Crippen LogP contribution in [0.4, 0.5) is 14.5 Å². The first-order valence-electron chi connectivity index (χ1n) is 8.54. The van der Waals surface area contributed by atoms with Crippen molar-refractivity contribution in [3.63, 3.8) is 0 Å². The van der Waals surface area contributed by atoms with Gasteiger partial charge in [0, 0.05) is 24.5 Å². The summed E-state index contributed by atoms with van der Waals surface area (Å²) < 4.78 is 29.8. The lowest BCUT2D eigenvalue weighted by Gasteiger charge is -2.27. The number of aliphatic hydroxyl groups excluding tert-OH is 1. The Kier molecular flexibility index (Phi) is 4.82. The molecule has 2 aromatic heterocycles. The van der Waals surface area contributed by atoms with E-state index < -0.39 is 17.5 Å². The van der Waals surface area contributed by atoms with Gasteiger partial charge in [0.1, 0.15) is 5.82 Å². The smallest absolute Gasteiger partial charge is 0.279 e. The molecule has 0 radical (unpaired) electrons. The summed E-state index contributed by atoms with van der Waals surface area (Å²) in [5.74, 6) is -1.67. The number of anilines is 1. The highest BCUT2D eigenvalue weighted by Gasteiger charge is 2.31. The fourth-order valence-corrected chi connectivity index (χ4v) is 3.44. The molecule has 1 aliphatic rings. The van der Waals surface area contributed by atoms with Crippen molar-refractivity contribution in [1.29, 1.82) is 0 Å². The second-order valence-electron chi connectivity index (χ2n) is 6.41. The molecule has 0 fully saturated rings. The molecule has 9 heteroatoms. The zero-order valence-corrected chi connectivity index (χ0v) is 15.3. The third-order valence-corrected chi connectivity index (χ3v) is 4.85. The maximum atomic E-state index is 14.5. The first-order chi connectivity index (χ1) is 13.5. The Bertz CT molecular complexity index is 1070. The fourth-order valence-electron chi connectivity index (χ4n) is 3.20. The number of aliphatic hydroxyl groups is 1. The maximum Gasteiger partial charge on any atom is 0.279 e. The molecule has 0 atom stereocenters. The van der Waals surface area contributed by atoms with Gasteiger partial charge in [0.15, 0.2) is 11.5 Å². The van der Waals surface area contributed by atoms with Crippen LogP contribution in [0.3, 0.4) is 0 Å². The van der Waals surface area contributed by atoms with Crippen LogP contribution in [-0.2, 0) is 19.6 Å². The van der Waals surface area contributed by atoms with Crippen LogP contribution in [0, 0.1) is 11.6 Å². The van der Waals surface area contributed by atoms with Gasteiger partial charge in [-0.2, -0.15) is 5.10 Å². The van der Waals surface area contributed by atoms with E-state index in [0.29, 0.717) is 17.5 Å². The van der Waals surface area contributed by atoms with Gasteiger partial charge in [-0.25, -0.2) is 8.78 Å². The Morgan fingerprint density at radius 1 is 1.29 bits per heavy atom. The van der Waals surface area contributed by atoms with Gasteiger partial charge in [-0.1, -0.05) is 11.6 Å². The summed E-state index contributed by atoms with van der Waals surface area (Å²) in [7, 11) is 0. The molecule has 0 unspecified atom stereocenters. The van der Waals surface area contributed by atoms with Gasteiger partial charge >= 0.3 is 0 Å². The number of amides is 1. The number of carbonyl (C=O) groups excluding carboxylic acids is 1. The Morgan fingerprint density at radius 2 is 2.11 bits per heavy atom. The molecule has 0 bridgehead atoms. The number of aromatic nitrogens is 3. The Balaban J connectivity index is 1.65. The first kappa shape index (κ1) is 18.5. The van der Waals surface area contributed by atoms with Crippen LogP contribution < -0.4 is 4.90 Å². The number of halogens is 3. The SMILES string of the molecule is O=C1c2nn(Cc3ncccc3F)cc2CCN1c1cc(CO)cc(Cl)c1F. The minimum Gasteiger partial charge on any atom is -0.392 e. The third kappa shape index (κ3) is 3.25. The van der Waals surface area contributed by atoms with E-state index in [2.05, 4.69) is 10.1 Å². The van der Waals surface area contributed by atoms with Crippen molar-refractivity contribution < 1.29 is 18.7 Å². The minimum absolute atomic E-state index is 0.00230. The average molecular weight is 405 g/mol. The highest BCUT2D eigenvalue weighted by molar-refractivity contribution is 6.31. The standard InChI is InChI=1S/C19H15ClF2N4O2/c20-13-6-11(10-27)7-16(17(13)22)26-5-3-12-8-25(24-18(12)19(26)28)9-15-14(21)2-1-4-23-15/h1-2,4,6-8,27H,3,5,9-10H2. The largest absolute Gasteiger partial charge is 0.392 e.